The van der Waals surface area contributed by atoms with E-state index in [-0.39, 0.29) is 30.6 Å². The van der Waals surface area contributed by atoms with Gasteiger partial charge in [-0.05, 0) is 24.3 Å². The average molecular weight is 370 g/mol. The first-order valence-electron chi connectivity index (χ1n) is 6.23. The Bertz CT molecular complexity index is 599. The molecule has 0 aliphatic carbocycles. The molecule has 0 fully saturated rings. The van der Waals surface area contributed by atoms with Gasteiger partial charge in [-0.3, -0.25) is 0 Å². The van der Waals surface area contributed by atoms with Crippen LogP contribution < -0.4 is 9.47 Å². The third kappa shape index (κ3) is 6.08. The fourth-order valence-electron chi connectivity index (χ4n) is 1.64. The second kappa shape index (κ2) is 10.3. The van der Waals surface area contributed by atoms with Crippen molar-refractivity contribution in [3.05, 3.63) is 59.7 Å². The van der Waals surface area contributed by atoms with Gasteiger partial charge in [-0.25, -0.2) is 9.59 Å². The van der Waals surface area contributed by atoms with Crippen molar-refractivity contribution in [3.63, 3.8) is 0 Å². The van der Waals surface area contributed by atoms with Gasteiger partial charge in [-0.2, -0.15) is 0 Å². The summed E-state index contributed by atoms with van der Waals surface area (Å²) < 4.78 is 9.65. The molecule has 0 aromatic heterocycles. The minimum atomic E-state index is -0.970. The van der Waals surface area contributed by atoms with Gasteiger partial charge >= 0.3 is 11.9 Å². The van der Waals surface area contributed by atoms with Crippen LogP contribution in [-0.2, 0) is 19.5 Å². The molecule has 0 radical (unpaired) electrons. The van der Waals surface area contributed by atoms with Crippen LogP contribution in [0.5, 0.6) is 11.5 Å². The summed E-state index contributed by atoms with van der Waals surface area (Å²) >= 11 is 0. The summed E-state index contributed by atoms with van der Waals surface area (Å²) in [6.07, 6.45) is 0. The maximum atomic E-state index is 10.5. The van der Waals surface area contributed by atoms with Gasteiger partial charge in [0.05, 0.1) is 14.2 Å². The van der Waals surface area contributed by atoms with Crippen LogP contribution in [0.25, 0.3) is 0 Å². The maximum Gasteiger partial charge on any atom is 0.339 e. The molecular formula is C16H16O6Zn. The first kappa shape index (κ1) is 20.6. The van der Waals surface area contributed by atoms with E-state index < -0.39 is 11.9 Å². The van der Waals surface area contributed by atoms with Crippen LogP contribution in [0.4, 0.5) is 0 Å². The average Bonchev–Trinajstić information content (AvgIpc) is 2.55. The van der Waals surface area contributed by atoms with Crippen LogP contribution in [-0.4, -0.2) is 36.4 Å². The quantitative estimate of drug-likeness (QED) is 0.805. The molecule has 0 saturated heterocycles. The van der Waals surface area contributed by atoms with Gasteiger partial charge in [0.1, 0.15) is 22.6 Å². The minimum absolute atomic E-state index is 0. The molecule has 7 heteroatoms. The van der Waals surface area contributed by atoms with Gasteiger partial charge in [0, 0.05) is 19.5 Å². The molecule has 2 aromatic rings. The number of benzene rings is 2. The number of para-hydroxylation sites is 2. The summed E-state index contributed by atoms with van der Waals surface area (Å²) in [5.41, 5.74) is 0.380. The van der Waals surface area contributed by atoms with Crippen molar-refractivity contribution < 1.29 is 48.8 Å². The van der Waals surface area contributed by atoms with E-state index in [1.807, 2.05) is 0 Å². The molecule has 2 rings (SSSR count). The van der Waals surface area contributed by atoms with Crippen LogP contribution in [0.1, 0.15) is 20.7 Å². The largest absolute Gasteiger partial charge is 0.496 e. The van der Waals surface area contributed by atoms with Crippen molar-refractivity contribution in [2.45, 2.75) is 0 Å². The van der Waals surface area contributed by atoms with E-state index in [1.165, 1.54) is 26.4 Å². The van der Waals surface area contributed by atoms with Crippen molar-refractivity contribution in [1.29, 1.82) is 0 Å². The fraction of sp³-hybridized carbons (Fsp3) is 0.125. The normalized spacial score (nSPS) is 8.78. The van der Waals surface area contributed by atoms with Gasteiger partial charge in [-0.1, -0.05) is 24.3 Å². The molecule has 23 heavy (non-hydrogen) atoms. The SMILES string of the molecule is COc1ccccc1C(=O)O.COc1ccccc1C(=O)O.[Zn]. The summed E-state index contributed by atoms with van der Waals surface area (Å²) in [4.78, 5) is 21.0. The molecule has 0 unspecified atom stereocenters. The molecule has 2 aromatic carbocycles. The van der Waals surface area contributed by atoms with Gasteiger partial charge < -0.3 is 19.7 Å². The summed E-state index contributed by atoms with van der Waals surface area (Å²) in [6, 6.07) is 13.0. The number of ether oxygens (including phenoxy) is 2. The topological polar surface area (TPSA) is 93.1 Å². The second-order valence-corrected chi connectivity index (χ2v) is 4.01. The Morgan fingerprint density at radius 3 is 1.26 bits per heavy atom. The van der Waals surface area contributed by atoms with Crippen molar-refractivity contribution in [2.75, 3.05) is 14.2 Å². The first-order chi connectivity index (χ1) is 10.5. The number of carboxylic acid groups (broad SMARTS) is 2. The Kier molecular flexibility index (Phi) is 9.27. The van der Waals surface area contributed by atoms with E-state index in [2.05, 4.69) is 0 Å². The molecule has 0 heterocycles. The third-order valence-electron chi connectivity index (χ3n) is 2.67. The van der Waals surface area contributed by atoms with Gasteiger partial charge in [0.25, 0.3) is 0 Å². The van der Waals surface area contributed by atoms with E-state index >= 15 is 0 Å². The Hall–Kier alpha value is -2.40. The maximum absolute atomic E-state index is 10.5. The first-order valence-corrected chi connectivity index (χ1v) is 6.23. The molecule has 0 aliphatic heterocycles. The molecule has 0 saturated carbocycles. The molecule has 0 spiro atoms. The van der Waals surface area contributed by atoms with E-state index in [0.29, 0.717) is 11.5 Å². The monoisotopic (exact) mass is 368 g/mol. The van der Waals surface area contributed by atoms with Crippen molar-refractivity contribution in [1.82, 2.24) is 0 Å². The molecule has 118 valence electrons. The minimum Gasteiger partial charge on any atom is -0.496 e. The smallest absolute Gasteiger partial charge is 0.339 e. The van der Waals surface area contributed by atoms with Gasteiger partial charge in [0.2, 0.25) is 0 Å². The number of carbonyl (C=O) groups is 2. The number of aromatic carboxylic acids is 2. The molecule has 0 atom stereocenters. The zero-order valence-electron chi connectivity index (χ0n) is 12.9. The Morgan fingerprint density at radius 1 is 0.739 bits per heavy atom. The third-order valence-corrected chi connectivity index (χ3v) is 2.67. The predicted octanol–water partition coefficient (Wildman–Crippen LogP) is 2.78. The van der Waals surface area contributed by atoms with Crippen molar-refractivity contribution >= 4 is 11.9 Å². The predicted molar refractivity (Wildman–Crippen MR) is 79.9 cm³/mol. The van der Waals surface area contributed by atoms with Crippen LogP contribution in [0, 0.1) is 0 Å². The number of rotatable bonds is 4. The molecule has 0 aliphatic rings. The van der Waals surface area contributed by atoms with Gasteiger partial charge in [-0.15, -0.1) is 0 Å². The Labute approximate surface area is 146 Å². The Morgan fingerprint density at radius 2 is 1.04 bits per heavy atom. The summed E-state index contributed by atoms with van der Waals surface area (Å²) in [6.45, 7) is 0. The number of methoxy groups -OCH3 is 2. The molecule has 2 N–H and O–H groups in total. The number of hydrogen-bond acceptors (Lipinski definition) is 4. The van der Waals surface area contributed by atoms with E-state index in [4.69, 9.17) is 19.7 Å². The van der Waals surface area contributed by atoms with Crippen LogP contribution >= 0.6 is 0 Å². The zero-order valence-corrected chi connectivity index (χ0v) is 15.8. The Balaban J connectivity index is 0.000000403. The summed E-state index contributed by atoms with van der Waals surface area (Å²) in [5, 5.41) is 17.2. The van der Waals surface area contributed by atoms with Crippen LogP contribution in [0.3, 0.4) is 0 Å². The van der Waals surface area contributed by atoms with Crippen LogP contribution in [0.15, 0.2) is 48.5 Å². The summed E-state index contributed by atoms with van der Waals surface area (Å²) in [7, 11) is 2.89. The van der Waals surface area contributed by atoms with Crippen LogP contribution in [0.2, 0.25) is 0 Å². The fourth-order valence-corrected chi connectivity index (χ4v) is 1.64. The van der Waals surface area contributed by atoms with Crippen molar-refractivity contribution in [2.24, 2.45) is 0 Å². The van der Waals surface area contributed by atoms with Crippen molar-refractivity contribution in [3.8, 4) is 11.5 Å². The van der Waals surface area contributed by atoms with E-state index in [0.717, 1.165) is 0 Å². The number of hydrogen-bond donors (Lipinski definition) is 2. The van der Waals surface area contributed by atoms with Gasteiger partial charge in [0.15, 0.2) is 0 Å². The summed E-state index contributed by atoms with van der Waals surface area (Å²) in [5.74, 6) is -1.16. The van der Waals surface area contributed by atoms with E-state index in [1.54, 1.807) is 36.4 Å². The zero-order chi connectivity index (χ0) is 16.5. The second-order valence-electron chi connectivity index (χ2n) is 4.01. The molecule has 0 amide bonds. The molecule has 6 nitrogen and oxygen atoms in total. The standard InChI is InChI=1S/2C8H8O3.Zn/c2*1-11-7-5-3-2-4-6(7)8(9)10;/h2*2-5H,1H3,(H,9,10);. The molecular weight excluding hydrogens is 354 g/mol. The molecule has 0 bridgehead atoms. The number of carboxylic acids is 2. The van der Waals surface area contributed by atoms with E-state index in [9.17, 15) is 9.59 Å².